The molecular formula is C20H31BrN2O3S. The fourth-order valence-electron chi connectivity index (χ4n) is 4.36. The van der Waals surface area contributed by atoms with E-state index in [4.69, 9.17) is 4.74 Å². The number of benzene rings is 1. The van der Waals surface area contributed by atoms with Crippen molar-refractivity contribution in [1.29, 1.82) is 0 Å². The van der Waals surface area contributed by atoms with Crippen molar-refractivity contribution in [3.63, 3.8) is 0 Å². The number of rotatable bonds is 7. The lowest BCUT2D eigenvalue weighted by atomic mass is 9.96. The minimum atomic E-state index is -3.04. The summed E-state index contributed by atoms with van der Waals surface area (Å²) in [5.74, 6) is 2.09. The summed E-state index contributed by atoms with van der Waals surface area (Å²) >= 11 is 3.66. The smallest absolute Gasteiger partial charge is 0.211 e. The molecule has 2 fully saturated rings. The highest BCUT2D eigenvalue weighted by Gasteiger charge is 2.28. The lowest BCUT2D eigenvalue weighted by Gasteiger charge is -2.31. The molecule has 0 saturated carbocycles. The lowest BCUT2D eigenvalue weighted by Crippen LogP contribution is -2.40. The Hall–Kier alpha value is -0.630. The van der Waals surface area contributed by atoms with Crippen LogP contribution in [-0.4, -0.2) is 63.7 Å². The molecule has 2 aliphatic rings. The van der Waals surface area contributed by atoms with Gasteiger partial charge in [-0.25, -0.2) is 12.7 Å². The molecule has 0 aromatic heterocycles. The van der Waals surface area contributed by atoms with Crippen LogP contribution in [0.25, 0.3) is 0 Å². The number of hydrogen-bond acceptors (Lipinski definition) is 4. The molecule has 0 N–H and O–H groups in total. The predicted molar refractivity (Wildman–Crippen MR) is 113 cm³/mol. The molecule has 1 aromatic carbocycles. The second-order valence-electron chi connectivity index (χ2n) is 8.03. The Morgan fingerprint density at radius 2 is 2.00 bits per heavy atom. The molecule has 0 bridgehead atoms. The maximum Gasteiger partial charge on any atom is 0.211 e. The monoisotopic (exact) mass is 458 g/mol. The van der Waals surface area contributed by atoms with Crippen molar-refractivity contribution >= 4 is 26.0 Å². The average Bonchev–Trinajstić information content (AvgIpc) is 3.09. The number of nitrogens with zero attached hydrogens (tertiary/aromatic N) is 2. The van der Waals surface area contributed by atoms with Gasteiger partial charge in [0.25, 0.3) is 0 Å². The number of hydrogen-bond donors (Lipinski definition) is 0. The Morgan fingerprint density at radius 3 is 2.74 bits per heavy atom. The summed E-state index contributed by atoms with van der Waals surface area (Å²) in [4.78, 5) is 2.55. The normalized spacial score (nSPS) is 25.0. The quantitative estimate of drug-likeness (QED) is 0.628. The molecule has 27 heavy (non-hydrogen) atoms. The van der Waals surface area contributed by atoms with Gasteiger partial charge in [0.05, 0.1) is 13.4 Å². The summed E-state index contributed by atoms with van der Waals surface area (Å²) in [6, 6.07) is 6.19. The molecule has 0 spiro atoms. The van der Waals surface area contributed by atoms with Gasteiger partial charge in [0.1, 0.15) is 5.75 Å². The summed E-state index contributed by atoms with van der Waals surface area (Å²) in [6.45, 7) is 4.75. The van der Waals surface area contributed by atoms with Crippen LogP contribution in [0.4, 0.5) is 0 Å². The van der Waals surface area contributed by atoms with Crippen molar-refractivity contribution in [2.75, 3.05) is 46.1 Å². The van der Waals surface area contributed by atoms with Crippen LogP contribution in [0.3, 0.4) is 0 Å². The Bertz CT molecular complexity index is 741. The minimum absolute atomic E-state index is 0.500. The fourth-order valence-corrected chi connectivity index (χ4v) is 5.71. The summed E-state index contributed by atoms with van der Waals surface area (Å²) < 4.78 is 31.7. The van der Waals surface area contributed by atoms with Gasteiger partial charge in [-0.05, 0) is 80.8 Å². The van der Waals surface area contributed by atoms with Gasteiger partial charge in [-0.2, -0.15) is 0 Å². The van der Waals surface area contributed by atoms with Crippen LogP contribution in [0.1, 0.15) is 31.2 Å². The highest BCUT2D eigenvalue weighted by molar-refractivity contribution is 9.10. The first-order chi connectivity index (χ1) is 12.8. The lowest BCUT2D eigenvalue weighted by molar-refractivity contribution is 0.224. The molecular weight excluding hydrogens is 428 g/mol. The average molecular weight is 459 g/mol. The number of halogens is 1. The van der Waals surface area contributed by atoms with Gasteiger partial charge < -0.3 is 9.64 Å². The second kappa shape index (κ2) is 9.25. The second-order valence-corrected chi connectivity index (χ2v) is 10.9. The third kappa shape index (κ3) is 5.92. The van der Waals surface area contributed by atoms with E-state index in [1.54, 1.807) is 11.4 Å². The number of ether oxygens (including phenoxy) is 1. The minimum Gasteiger partial charge on any atom is -0.497 e. The van der Waals surface area contributed by atoms with Gasteiger partial charge in [0, 0.05) is 24.1 Å². The molecule has 2 atom stereocenters. The molecule has 152 valence electrons. The van der Waals surface area contributed by atoms with Crippen molar-refractivity contribution in [3.05, 3.63) is 28.2 Å². The number of likely N-dealkylation sites (tertiary alicyclic amines) is 1. The number of methoxy groups -OCH3 is 1. The first-order valence-corrected chi connectivity index (χ1v) is 12.5. The molecule has 5 nitrogen and oxygen atoms in total. The topological polar surface area (TPSA) is 49.9 Å². The third-order valence-electron chi connectivity index (χ3n) is 5.94. The maximum atomic E-state index is 11.8. The van der Waals surface area contributed by atoms with Crippen molar-refractivity contribution in [2.45, 2.75) is 32.1 Å². The first kappa shape index (κ1) is 21.1. The van der Waals surface area contributed by atoms with E-state index in [2.05, 4.69) is 33.0 Å². The Morgan fingerprint density at radius 1 is 1.19 bits per heavy atom. The van der Waals surface area contributed by atoms with E-state index in [0.29, 0.717) is 24.9 Å². The molecule has 1 aromatic rings. The zero-order chi connectivity index (χ0) is 19.4. The highest BCUT2D eigenvalue weighted by Crippen LogP contribution is 2.29. The van der Waals surface area contributed by atoms with E-state index in [9.17, 15) is 8.42 Å². The van der Waals surface area contributed by atoms with Crippen LogP contribution in [0.5, 0.6) is 5.75 Å². The maximum absolute atomic E-state index is 11.8. The van der Waals surface area contributed by atoms with Gasteiger partial charge in [-0.3, -0.25) is 0 Å². The van der Waals surface area contributed by atoms with Gasteiger partial charge in [-0.15, -0.1) is 0 Å². The molecule has 2 heterocycles. The van der Waals surface area contributed by atoms with E-state index in [0.717, 1.165) is 55.5 Å². The van der Waals surface area contributed by atoms with Gasteiger partial charge >= 0.3 is 0 Å². The fraction of sp³-hybridized carbons (Fsp3) is 0.700. The number of piperidine rings is 1. The van der Waals surface area contributed by atoms with E-state index in [1.165, 1.54) is 18.2 Å². The largest absolute Gasteiger partial charge is 0.497 e. The molecule has 2 saturated heterocycles. The summed E-state index contributed by atoms with van der Waals surface area (Å²) in [7, 11) is -1.34. The molecule has 2 aliphatic heterocycles. The van der Waals surface area contributed by atoms with Crippen molar-refractivity contribution in [1.82, 2.24) is 9.21 Å². The zero-order valence-electron chi connectivity index (χ0n) is 16.4. The van der Waals surface area contributed by atoms with Crippen molar-refractivity contribution < 1.29 is 13.2 Å². The van der Waals surface area contributed by atoms with Crippen molar-refractivity contribution in [2.24, 2.45) is 11.8 Å². The van der Waals surface area contributed by atoms with Crippen LogP contribution in [0.2, 0.25) is 0 Å². The molecule has 0 radical (unpaired) electrons. The Kier molecular flexibility index (Phi) is 7.22. The van der Waals surface area contributed by atoms with E-state index < -0.39 is 10.0 Å². The van der Waals surface area contributed by atoms with Gasteiger partial charge in [-0.1, -0.05) is 15.9 Å². The van der Waals surface area contributed by atoms with Gasteiger partial charge in [0.2, 0.25) is 10.0 Å². The zero-order valence-corrected chi connectivity index (χ0v) is 18.8. The Balaban J connectivity index is 1.46. The molecule has 0 aliphatic carbocycles. The van der Waals surface area contributed by atoms with Crippen LogP contribution in [-0.2, 0) is 16.4 Å². The standard InChI is InChI=1S/C20H31BrN2O3S/c1-26-19-5-6-20(21)18(13-19)12-17-8-11-22(14-17)10-7-16-4-3-9-23(15-16)27(2,24)25/h5-6,13,16-17H,3-4,7-12,14-15H2,1-2H3. The van der Waals surface area contributed by atoms with Crippen LogP contribution < -0.4 is 4.74 Å². The highest BCUT2D eigenvalue weighted by atomic mass is 79.9. The van der Waals surface area contributed by atoms with Crippen LogP contribution in [0, 0.1) is 11.8 Å². The van der Waals surface area contributed by atoms with Crippen LogP contribution >= 0.6 is 15.9 Å². The summed E-state index contributed by atoms with van der Waals surface area (Å²) in [6.07, 6.45) is 6.87. The number of sulfonamides is 1. The van der Waals surface area contributed by atoms with Crippen molar-refractivity contribution in [3.8, 4) is 5.75 Å². The van der Waals surface area contributed by atoms with Gasteiger partial charge in [0.15, 0.2) is 0 Å². The van der Waals surface area contributed by atoms with E-state index >= 15 is 0 Å². The first-order valence-electron chi connectivity index (χ1n) is 9.85. The van der Waals surface area contributed by atoms with E-state index in [1.807, 2.05) is 6.07 Å². The third-order valence-corrected chi connectivity index (χ3v) is 7.98. The Labute approximate surface area is 172 Å². The summed E-state index contributed by atoms with van der Waals surface area (Å²) in [5, 5.41) is 0. The predicted octanol–water partition coefficient (Wildman–Crippen LogP) is 3.38. The molecule has 0 amide bonds. The molecule has 3 rings (SSSR count). The van der Waals surface area contributed by atoms with E-state index in [-0.39, 0.29) is 0 Å². The molecule has 7 heteroatoms. The SMILES string of the molecule is COc1ccc(Br)c(CC2CCN(CCC3CCCN(S(C)(=O)=O)C3)C2)c1. The van der Waals surface area contributed by atoms with Crippen LogP contribution in [0.15, 0.2) is 22.7 Å². The molecule has 2 unspecified atom stereocenters. The summed E-state index contributed by atoms with van der Waals surface area (Å²) in [5.41, 5.74) is 1.32.